The van der Waals surface area contributed by atoms with Gasteiger partial charge in [0.25, 0.3) is 0 Å². The van der Waals surface area contributed by atoms with Crippen LogP contribution in [0.2, 0.25) is 0 Å². The second kappa shape index (κ2) is 9.29. The van der Waals surface area contributed by atoms with Gasteiger partial charge in [0.1, 0.15) is 17.9 Å². The molecule has 2 saturated heterocycles. The van der Waals surface area contributed by atoms with Crippen molar-refractivity contribution in [2.24, 2.45) is 5.92 Å². The number of aromatic nitrogens is 3. The van der Waals surface area contributed by atoms with Gasteiger partial charge in [0.2, 0.25) is 0 Å². The smallest absolute Gasteiger partial charge is 0.132 e. The Labute approximate surface area is 190 Å². The zero-order valence-electron chi connectivity index (χ0n) is 19.4. The summed E-state index contributed by atoms with van der Waals surface area (Å²) in [5, 5.41) is 0. The normalized spacial score (nSPS) is 28.7. The summed E-state index contributed by atoms with van der Waals surface area (Å²) in [6.45, 7) is 8.73. The Bertz CT molecular complexity index is 915. The molecule has 32 heavy (non-hydrogen) atoms. The van der Waals surface area contributed by atoms with E-state index < -0.39 is 0 Å². The van der Waals surface area contributed by atoms with Crippen molar-refractivity contribution in [2.45, 2.75) is 57.2 Å². The van der Waals surface area contributed by atoms with Gasteiger partial charge in [-0.25, -0.2) is 15.4 Å². The number of ether oxygens (including phenoxy) is 1. The number of nitrogens with zero attached hydrogens (tertiary/aromatic N) is 5. The maximum absolute atomic E-state index is 5.63. The summed E-state index contributed by atoms with van der Waals surface area (Å²) in [6, 6.07) is 5.42. The molecule has 8 nitrogen and oxygen atoms in total. The van der Waals surface area contributed by atoms with Gasteiger partial charge in [-0.1, -0.05) is 0 Å². The van der Waals surface area contributed by atoms with Crippen LogP contribution in [0, 0.1) is 5.92 Å². The minimum atomic E-state index is 0.184. The molecule has 0 radical (unpaired) electrons. The van der Waals surface area contributed by atoms with E-state index in [9.17, 15) is 0 Å². The Morgan fingerprint density at radius 3 is 2.72 bits per heavy atom. The highest BCUT2D eigenvalue weighted by molar-refractivity contribution is 5.41. The van der Waals surface area contributed by atoms with Crippen molar-refractivity contribution < 1.29 is 4.74 Å². The van der Waals surface area contributed by atoms with E-state index in [-0.39, 0.29) is 6.04 Å². The van der Waals surface area contributed by atoms with Gasteiger partial charge in [-0.05, 0) is 51.0 Å². The van der Waals surface area contributed by atoms with E-state index in [2.05, 4.69) is 50.5 Å². The first-order valence-corrected chi connectivity index (χ1v) is 11.9. The fourth-order valence-electron chi connectivity index (χ4n) is 5.69. The number of piperazine rings is 1. The summed E-state index contributed by atoms with van der Waals surface area (Å²) in [5.74, 6) is 2.92. The minimum Gasteiger partial charge on any atom is -0.496 e. The van der Waals surface area contributed by atoms with Crippen LogP contribution in [0.25, 0.3) is 0 Å². The largest absolute Gasteiger partial charge is 0.496 e. The molecule has 5 rings (SSSR count). The van der Waals surface area contributed by atoms with Crippen LogP contribution < -0.4 is 20.5 Å². The van der Waals surface area contributed by atoms with E-state index in [1.807, 2.05) is 12.3 Å². The van der Waals surface area contributed by atoms with Gasteiger partial charge in [-0.2, -0.15) is 0 Å². The summed E-state index contributed by atoms with van der Waals surface area (Å²) >= 11 is 0. The lowest BCUT2D eigenvalue weighted by Crippen LogP contribution is -2.49. The van der Waals surface area contributed by atoms with Crippen LogP contribution in [0.15, 0.2) is 30.9 Å². The molecule has 1 saturated carbocycles. The van der Waals surface area contributed by atoms with Gasteiger partial charge in [-0.3, -0.25) is 15.3 Å². The lowest BCUT2D eigenvalue weighted by Gasteiger charge is -2.37. The molecule has 0 amide bonds. The van der Waals surface area contributed by atoms with Crippen LogP contribution in [-0.2, 0) is 0 Å². The second-order valence-corrected chi connectivity index (χ2v) is 9.58. The summed E-state index contributed by atoms with van der Waals surface area (Å²) in [7, 11) is 1.75. The first-order chi connectivity index (χ1) is 15.6. The van der Waals surface area contributed by atoms with Crippen molar-refractivity contribution >= 4 is 5.82 Å². The maximum atomic E-state index is 5.63. The highest BCUT2D eigenvalue weighted by atomic mass is 16.5. The average molecular weight is 438 g/mol. The van der Waals surface area contributed by atoms with Gasteiger partial charge in [0.05, 0.1) is 18.8 Å². The second-order valence-electron chi connectivity index (χ2n) is 9.58. The monoisotopic (exact) mass is 437 g/mol. The van der Waals surface area contributed by atoms with Crippen molar-refractivity contribution in [1.29, 1.82) is 0 Å². The van der Waals surface area contributed by atoms with E-state index in [0.717, 1.165) is 62.7 Å². The Morgan fingerprint density at radius 2 is 1.94 bits per heavy atom. The van der Waals surface area contributed by atoms with E-state index in [1.165, 1.54) is 5.56 Å². The highest BCUT2D eigenvalue weighted by Crippen LogP contribution is 2.45. The Balaban J connectivity index is 1.32. The summed E-state index contributed by atoms with van der Waals surface area (Å²) in [5.41, 5.74) is 9.41. The zero-order chi connectivity index (χ0) is 22.1. The van der Waals surface area contributed by atoms with Gasteiger partial charge in [0.15, 0.2) is 0 Å². The van der Waals surface area contributed by atoms with Gasteiger partial charge in [0, 0.05) is 62.3 Å². The van der Waals surface area contributed by atoms with Crippen molar-refractivity contribution in [1.82, 2.24) is 30.7 Å². The molecular formula is C24H35N7O. The first kappa shape index (κ1) is 21.6. The molecule has 1 aliphatic carbocycles. The number of methoxy groups -OCH3 is 1. The molecule has 0 aromatic carbocycles. The molecule has 4 heterocycles. The quantitative estimate of drug-likeness (QED) is 0.739. The number of pyridine rings is 1. The lowest BCUT2D eigenvalue weighted by atomic mass is 9.73. The fourth-order valence-corrected chi connectivity index (χ4v) is 5.69. The molecule has 3 aliphatic rings. The molecule has 0 spiro atoms. The first-order valence-electron chi connectivity index (χ1n) is 11.9. The standard InChI is InChI=1S/C24H35N7O/c1-16(2)30-8-10-31(11-9-30)23-13-21(26-15-27-23)24-18-12-17(4-5-20(18)28-29-24)19-14-25-7-6-22(19)32-3/h6-7,13-18,20,24,28-29H,4-5,8-12H2,1-3H3. The summed E-state index contributed by atoms with van der Waals surface area (Å²) < 4.78 is 5.63. The van der Waals surface area contributed by atoms with Crippen molar-refractivity contribution in [3.63, 3.8) is 0 Å². The number of fused-ring (bicyclic) bond motifs is 1. The number of hydrazine groups is 1. The number of rotatable bonds is 5. The Hall–Kier alpha value is -2.29. The minimum absolute atomic E-state index is 0.184. The SMILES string of the molecule is COc1ccncc1C1CCC2NNC(c3cc(N4CCN(C(C)C)CC4)ncn3)C2C1. The molecule has 2 aromatic heterocycles. The van der Waals surface area contributed by atoms with E-state index >= 15 is 0 Å². The zero-order valence-corrected chi connectivity index (χ0v) is 19.4. The van der Waals surface area contributed by atoms with Crippen molar-refractivity contribution in [2.75, 3.05) is 38.2 Å². The third-order valence-corrected chi connectivity index (χ3v) is 7.58. The highest BCUT2D eigenvalue weighted by Gasteiger charge is 2.42. The fraction of sp³-hybridized carbons (Fsp3) is 0.625. The number of hydrogen-bond donors (Lipinski definition) is 2. The number of nitrogens with one attached hydrogen (secondary N) is 2. The molecule has 8 heteroatoms. The van der Waals surface area contributed by atoms with E-state index in [0.29, 0.717) is 23.9 Å². The molecule has 2 N–H and O–H groups in total. The van der Waals surface area contributed by atoms with Gasteiger partial charge in [-0.15, -0.1) is 0 Å². The number of hydrogen-bond acceptors (Lipinski definition) is 8. The number of anilines is 1. The van der Waals surface area contributed by atoms with Gasteiger partial charge < -0.3 is 9.64 Å². The third-order valence-electron chi connectivity index (χ3n) is 7.58. The van der Waals surface area contributed by atoms with Crippen LogP contribution >= 0.6 is 0 Å². The lowest BCUT2D eigenvalue weighted by molar-refractivity contribution is 0.209. The van der Waals surface area contributed by atoms with Gasteiger partial charge >= 0.3 is 0 Å². The Kier molecular flexibility index (Phi) is 6.26. The molecule has 4 unspecified atom stereocenters. The summed E-state index contributed by atoms with van der Waals surface area (Å²) in [4.78, 5) is 18.6. The predicted molar refractivity (Wildman–Crippen MR) is 125 cm³/mol. The van der Waals surface area contributed by atoms with E-state index in [4.69, 9.17) is 9.72 Å². The van der Waals surface area contributed by atoms with E-state index in [1.54, 1.807) is 19.6 Å². The molecule has 172 valence electrons. The molecule has 4 atom stereocenters. The van der Waals surface area contributed by atoms with Crippen LogP contribution in [-0.4, -0.2) is 65.2 Å². The Morgan fingerprint density at radius 1 is 1.09 bits per heavy atom. The topological polar surface area (TPSA) is 78.4 Å². The molecular weight excluding hydrogens is 402 g/mol. The summed E-state index contributed by atoms with van der Waals surface area (Å²) in [6.07, 6.45) is 8.88. The van der Waals surface area contributed by atoms with Crippen LogP contribution in [0.3, 0.4) is 0 Å². The van der Waals surface area contributed by atoms with Crippen LogP contribution in [0.1, 0.15) is 56.3 Å². The third kappa shape index (κ3) is 4.19. The van der Waals surface area contributed by atoms with Crippen molar-refractivity contribution in [3.05, 3.63) is 42.1 Å². The van der Waals surface area contributed by atoms with Crippen LogP contribution in [0.5, 0.6) is 5.75 Å². The molecule has 3 fully saturated rings. The van der Waals surface area contributed by atoms with Crippen LogP contribution in [0.4, 0.5) is 5.82 Å². The molecule has 2 aromatic rings. The average Bonchev–Trinajstić information content (AvgIpc) is 3.27. The molecule has 2 aliphatic heterocycles. The van der Waals surface area contributed by atoms with Crippen molar-refractivity contribution in [3.8, 4) is 5.75 Å². The predicted octanol–water partition coefficient (Wildman–Crippen LogP) is 2.51. The molecule has 0 bridgehead atoms. The maximum Gasteiger partial charge on any atom is 0.132 e.